The summed E-state index contributed by atoms with van der Waals surface area (Å²) in [6.07, 6.45) is 0.497. The summed E-state index contributed by atoms with van der Waals surface area (Å²) in [7, 11) is 0. The highest BCUT2D eigenvalue weighted by Crippen LogP contribution is 2.24. The van der Waals surface area contributed by atoms with Crippen LogP contribution in [0.5, 0.6) is 0 Å². The molecule has 21 heavy (non-hydrogen) atoms. The summed E-state index contributed by atoms with van der Waals surface area (Å²) in [5, 5.41) is 10.2. The molecule has 0 spiro atoms. The predicted octanol–water partition coefficient (Wildman–Crippen LogP) is 0.993. The Hall–Kier alpha value is -2.73. The van der Waals surface area contributed by atoms with Crippen LogP contribution in [0.15, 0.2) is 42.6 Å². The normalized spacial score (nSPS) is 15.2. The van der Waals surface area contributed by atoms with Crippen molar-refractivity contribution in [2.75, 3.05) is 12.3 Å². The minimum Gasteiger partial charge on any atom is -0.399 e. The van der Waals surface area contributed by atoms with Gasteiger partial charge in [0.15, 0.2) is 0 Å². The van der Waals surface area contributed by atoms with E-state index >= 15 is 0 Å². The number of hydrogen-bond acceptors (Lipinski definition) is 5. The lowest BCUT2D eigenvalue weighted by Crippen LogP contribution is -2.34. The van der Waals surface area contributed by atoms with E-state index in [-0.39, 0.29) is 17.8 Å². The molecule has 3 rings (SSSR count). The van der Waals surface area contributed by atoms with Gasteiger partial charge in [0.1, 0.15) is 5.69 Å². The van der Waals surface area contributed by atoms with Gasteiger partial charge in [0.25, 0.3) is 11.8 Å². The van der Waals surface area contributed by atoms with Gasteiger partial charge in [-0.3, -0.25) is 19.5 Å². The number of pyridine rings is 1. The number of nitrogens with two attached hydrogens (primary N) is 1. The van der Waals surface area contributed by atoms with Crippen LogP contribution in [0.25, 0.3) is 0 Å². The molecule has 1 atom stereocenters. The van der Waals surface area contributed by atoms with E-state index in [1.54, 1.807) is 36.4 Å². The second-order valence-corrected chi connectivity index (χ2v) is 4.80. The van der Waals surface area contributed by atoms with Gasteiger partial charge in [-0.1, -0.05) is 12.1 Å². The highest BCUT2D eigenvalue weighted by molar-refractivity contribution is 6.20. The number of amides is 2. The fraction of sp³-hybridized carbons (Fsp3) is 0.133. The van der Waals surface area contributed by atoms with E-state index in [0.29, 0.717) is 11.3 Å². The first kappa shape index (κ1) is 13.3. The molecule has 3 N–H and O–H groups in total. The first-order valence-electron chi connectivity index (χ1n) is 6.42. The summed E-state index contributed by atoms with van der Waals surface area (Å²) < 4.78 is 0. The number of benzene rings is 1. The van der Waals surface area contributed by atoms with E-state index in [4.69, 9.17) is 5.73 Å². The molecule has 2 heterocycles. The number of anilines is 1. The number of imide groups is 1. The fourth-order valence-corrected chi connectivity index (χ4v) is 2.28. The number of aliphatic hydroxyl groups excluding tert-OH is 1. The van der Waals surface area contributed by atoms with Crippen LogP contribution in [-0.2, 0) is 0 Å². The molecule has 106 valence electrons. The topological polar surface area (TPSA) is 96.5 Å². The fourth-order valence-electron chi connectivity index (χ4n) is 2.28. The first-order chi connectivity index (χ1) is 10.1. The molecule has 0 saturated heterocycles. The zero-order chi connectivity index (χ0) is 15.0. The lowest BCUT2D eigenvalue weighted by molar-refractivity contribution is 0.0541. The number of rotatable bonds is 3. The van der Waals surface area contributed by atoms with Crippen LogP contribution in [0.4, 0.5) is 5.69 Å². The second kappa shape index (κ2) is 4.99. The van der Waals surface area contributed by atoms with E-state index in [1.807, 2.05) is 0 Å². The third kappa shape index (κ3) is 2.25. The maximum absolute atomic E-state index is 12.2. The Morgan fingerprint density at radius 1 is 1.14 bits per heavy atom. The van der Waals surface area contributed by atoms with Crippen molar-refractivity contribution < 1.29 is 14.7 Å². The summed E-state index contributed by atoms with van der Waals surface area (Å²) in [6.45, 7) is -0.113. The van der Waals surface area contributed by atoms with Gasteiger partial charge >= 0.3 is 0 Å². The van der Waals surface area contributed by atoms with E-state index in [0.717, 1.165) is 4.90 Å². The highest BCUT2D eigenvalue weighted by atomic mass is 16.3. The molecule has 0 bridgehead atoms. The molecule has 6 heteroatoms. The average molecular weight is 283 g/mol. The Morgan fingerprint density at radius 2 is 1.86 bits per heavy atom. The number of carbonyl (C=O) groups is 2. The number of nitrogens with zero attached hydrogens (tertiary/aromatic N) is 2. The molecule has 1 aliphatic heterocycles. The van der Waals surface area contributed by atoms with E-state index in [1.165, 1.54) is 6.20 Å². The molecular weight excluding hydrogens is 270 g/mol. The summed E-state index contributed by atoms with van der Waals surface area (Å²) in [4.78, 5) is 29.2. The second-order valence-electron chi connectivity index (χ2n) is 4.80. The number of hydrogen-bond donors (Lipinski definition) is 2. The van der Waals surface area contributed by atoms with Crippen molar-refractivity contribution in [2.24, 2.45) is 0 Å². The van der Waals surface area contributed by atoms with Crippen LogP contribution in [0.3, 0.4) is 0 Å². The standard InChI is InChI=1S/C15H13N3O3/c16-10-5-3-9(4-6-10)12(19)8-18-14(20)11-2-1-7-17-13(11)15(18)21/h1-7,12,19H,8,16H2. The maximum atomic E-state index is 12.2. The molecular formula is C15H13N3O3. The monoisotopic (exact) mass is 283 g/mol. The summed E-state index contributed by atoms with van der Waals surface area (Å²) in [5.74, 6) is -0.914. The molecule has 1 aromatic carbocycles. The van der Waals surface area contributed by atoms with Gasteiger partial charge in [0.05, 0.1) is 18.2 Å². The van der Waals surface area contributed by atoms with Gasteiger partial charge < -0.3 is 10.8 Å². The van der Waals surface area contributed by atoms with Crippen molar-refractivity contribution in [3.8, 4) is 0 Å². The Kier molecular flexibility index (Phi) is 3.15. The molecule has 0 radical (unpaired) electrons. The van der Waals surface area contributed by atoms with Crippen LogP contribution in [-0.4, -0.2) is 33.3 Å². The molecule has 1 unspecified atom stereocenters. The predicted molar refractivity (Wildman–Crippen MR) is 75.4 cm³/mol. The number of fused-ring (bicyclic) bond motifs is 1. The van der Waals surface area contributed by atoms with Crippen molar-refractivity contribution in [1.29, 1.82) is 0 Å². The van der Waals surface area contributed by atoms with Gasteiger partial charge in [-0.2, -0.15) is 0 Å². The summed E-state index contributed by atoms with van der Waals surface area (Å²) in [5.41, 5.74) is 7.16. The largest absolute Gasteiger partial charge is 0.399 e. The van der Waals surface area contributed by atoms with Crippen LogP contribution >= 0.6 is 0 Å². The molecule has 0 fully saturated rings. The zero-order valence-electron chi connectivity index (χ0n) is 11.1. The maximum Gasteiger partial charge on any atom is 0.280 e. The molecule has 1 aromatic heterocycles. The Morgan fingerprint density at radius 3 is 2.52 bits per heavy atom. The number of aliphatic hydroxyl groups is 1. The van der Waals surface area contributed by atoms with E-state index < -0.39 is 17.9 Å². The average Bonchev–Trinajstić information content (AvgIpc) is 2.73. The minimum absolute atomic E-state index is 0.113. The first-order valence-corrected chi connectivity index (χ1v) is 6.42. The van der Waals surface area contributed by atoms with Crippen LogP contribution in [0.1, 0.15) is 32.5 Å². The molecule has 2 aromatic rings. The van der Waals surface area contributed by atoms with Crippen molar-refractivity contribution in [3.05, 3.63) is 59.4 Å². The number of β-amino-alcohol motifs (C(OH)–C–C–N with tert-alkyl or cyclic N) is 1. The molecule has 0 aliphatic carbocycles. The lowest BCUT2D eigenvalue weighted by Gasteiger charge is -2.18. The van der Waals surface area contributed by atoms with Crippen molar-refractivity contribution in [1.82, 2.24) is 9.88 Å². The third-order valence-electron chi connectivity index (χ3n) is 3.41. The number of nitrogen functional groups attached to an aromatic ring is 1. The van der Waals surface area contributed by atoms with Gasteiger partial charge in [-0.25, -0.2) is 0 Å². The van der Waals surface area contributed by atoms with Crippen molar-refractivity contribution in [3.63, 3.8) is 0 Å². The summed E-state index contributed by atoms with van der Waals surface area (Å²) in [6, 6.07) is 9.79. The quantitative estimate of drug-likeness (QED) is 0.647. The Labute approximate surface area is 120 Å². The molecule has 1 aliphatic rings. The Balaban J connectivity index is 1.82. The number of aromatic nitrogens is 1. The van der Waals surface area contributed by atoms with Gasteiger partial charge in [0.2, 0.25) is 0 Å². The van der Waals surface area contributed by atoms with Gasteiger partial charge in [-0.05, 0) is 29.8 Å². The van der Waals surface area contributed by atoms with Crippen LogP contribution < -0.4 is 5.73 Å². The van der Waals surface area contributed by atoms with Crippen molar-refractivity contribution in [2.45, 2.75) is 6.10 Å². The van der Waals surface area contributed by atoms with E-state index in [2.05, 4.69) is 4.98 Å². The van der Waals surface area contributed by atoms with E-state index in [9.17, 15) is 14.7 Å². The lowest BCUT2D eigenvalue weighted by atomic mass is 10.1. The molecule has 2 amide bonds. The number of carbonyl (C=O) groups excluding carboxylic acids is 2. The zero-order valence-corrected chi connectivity index (χ0v) is 11.1. The van der Waals surface area contributed by atoms with Gasteiger partial charge in [0, 0.05) is 11.9 Å². The molecule has 6 nitrogen and oxygen atoms in total. The van der Waals surface area contributed by atoms with Gasteiger partial charge in [-0.15, -0.1) is 0 Å². The van der Waals surface area contributed by atoms with Crippen LogP contribution in [0, 0.1) is 0 Å². The minimum atomic E-state index is -0.965. The third-order valence-corrected chi connectivity index (χ3v) is 3.41. The summed E-state index contributed by atoms with van der Waals surface area (Å²) >= 11 is 0. The van der Waals surface area contributed by atoms with Crippen molar-refractivity contribution >= 4 is 17.5 Å². The Bertz CT molecular complexity index is 677. The SMILES string of the molecule is Nc1ccc(C(O)CN2C(=O)c3cccnc3C2=O)cc1. The smallest absolute Gasteiger partial charge is 0.280 e. The molecule has 0 saturated carbocycles. The highest BCUT2D eigenvalue weighted by Gasteiger charge is 2.37. The van der Waals surface area contributed by atoms with Crippen LogP contribution in [0.2, 0.25) is 0 Å².